The number of aliphatic hydroxyl groups is 5. The Hall–Kier alpha value is -2.90. The third-order valence-corrected chi connectivity index (χ3v) is 13.9. The largest absolute Gasteiger partial charge is 0.454 e. The number of carbonyl (C=O) groups excluding carboxylic acids is 2. The molecule has 8 atom stereocenters. The molecule has 6 N–H and O–H groups in total. The summed E-state index contributed by atoms with van der Waals surface area (Å²) in [6.07, 6.45) is 53.8. The van der Waals surface area contributed by atoms with Crippen LogP contribution in [0, 0.1) is 0 Å². The van der Waals surface area contributed by atoms with Gasteiger partial charge in [0.2, 0.25) is 5.91 Å². The molecule has 1 aliphatic heterocycles. The highest BCUT2D eigenvalue weighted by Gasteiger charge is 2.47. The van der Waals surface area contributed by atoms with E-state index in [2.05, 4.69) is 50.4 Å². The van der Waals surface area contributed by atoms with Crippen LogP contribution in [0.4, 0.5) is 0 Å². The molecule has 0 aromatic rings. The van der Waals surface area contributed by atoms with E-state index in [9.17, 15) is 35.1 Å². The van der Waals surface area contributed by atoms with Crippen LogP contribution >= 0.6 is 0 Å². The quantitative estimate of drug-likeness (QED) is 0.0149. The van der Waals surface area contributed by atoms with Gasteiger partial charge in [-0.05, 0) is 70.6 Å². The van der Waals surface area contributed by atoms with E-state index in [1.54, 1.807) is 6.08 Å². The molecule has 0 bridgehead atoms. The lowest BCUT2D eigenvalue weighted by Crippen LogP contribution is -2.61. The van der Waals surface area contributed by atoms with Crippen LogP contribution < -0.4 is 5.32 Å². The number of ether oxygens (including phenoxy) is 3. The first-order valence-electron chi connectivity index (χ1n) is 30.3. The Balaban J connectivity index is 2.69. The molecule has 1 fully saturated rings. The van der Waals surface area contributed by atoms with Crippen LogP contribution in [0.5, 0.6) is 0 Å². The minimum Gasteiger partial charge on any atom is -0.454 e. The highest BCUT2D eigenvalue weighted by molar-refractivity contribution is 5.80. The van der Waals surface area contributed by atoms with Gasteiger partial charge in [-0.2, -0.15) is 0 Å². The molecule has 11 heteroatoms. The lowest BCUT2D eigenvalue weighted by molar-refractivity contribution is -0.305. The summed E-state index contributed by atoms with van der Waals surface area (Å²) in [5.41, 5.74) is 0. The Bertz CT molecular complexity index is 1480. The van der Waals surface area contributed by atoms with E-state index < -0.39 is 67.4 Å². The number of nitrogens with one attached hydrogen (secondary N) is 1. The van der Waals surface area contributed by atoms with Crippen molar-refractivity contribution in [3.63, 3.8) is 0 Å². The van der Waals surface area contributed by atoms with Crippen LogP contribution in [-0.2, 0) is 23.8 Å². The van der Waals surface area contributed by atoms with Gasteiger partial charge in [-0.25, -0.2) is 0 Å². The van der Waals surface area contributed by atoms with Gasteiger partial charge < -0.3 is 45.1 Å². The van der Waals surface area contributed by atoms with E-state index >= 15 is 0 Å². The average Bonchev–Trinajstić information content (AvgIpc) is 3.40. The molecule has 428 valence electrons. The number of hydrogen-bond donors (Lipinski definition) is 6. The molecule has 8 unspecified atom stereocenters. The first kappa shape index (κ1) is 69.1. The van der Waals surface area contributed by atoms with Crippen molar-refractivity contribution in [3.8, 4) is 0 Å². The molecule has 1 saturated heterocycles. The number of carbonyl (C=O) groups is 2. The van der Waals surface area contributed by atoms with E-state index in [0.717, 1.165) is 64.2 Å². The minimum absolute atomic E-state index is 0.0755. The van der Waals surface area contributed by atoms with E-state index in [0.29, 0.717) is 12.8 Å². The van der Waals surface area contributed by atoms with Crippen molar-refractivity contribution in [1.29, 1.82) is 0 Å². The monoisotopic (exact) mass is 1040 g/mol. The number of allylic oxidation sites excluding steroid dienone is 11. The Morgan fingerprint density at radius 2 is 0.986 bits per heavy atom. The molecule has 0 aromatic heterocycles. The normalized spacial score (nSPS) is 19.8. The number of rotatable bonds is 50. The van der Waals surface area contributed by atoms with Gasteiger partial charge in [-0.3, -0.25) is 9.59 Å². The molecule has 1 aliphatic rings. The first-order chi connectivity index (χ1) is 36.2. The summed E-state index contributed by atoms with van der Waals surface area (Å²) in [7, 11) is 0. The predicted octanol–water partition coefficient (Wildman–Crippen LogP) is 14.0. The molecular formula is C63H111NO10. The fraction of sp³-hybridized carbons (Fsp3) is 0.778. The zero-order valence-corrected chi connectivity index (χ0v) is 47.2. The van der Waals surface area contributed by atoms with Gasteiger partial charge in [-0.15, -0.1) is 0 Å². The molecule has 1 amide bonds. The van der Waals surface area contributed by atoms with Crippen molar-refractivity contribution >= 4 is 11.9 Å². The maximum absolute atomic E-state index is 13.4. The number of esters is 1. The maximum Gasteiger partial charge on any atom is 0.306 e. The van der Waals surface area contributed by atoms with Crippen molar-refractivity contribution in [1.82, 2.24) is 5.32 Å². The summed E-state index contributed by atoms with van der Waals surface area (Å²) in [6.45, 7) is 5.61. The molecular weight excluding hydrogens is 931 g/mol. The van der Waals surface area contributed by atoms with Crippen molar-refractivity contribution in [2.45, 2.75) is 301 Å². The van der Waals surface area contributed by atoms with Crippen LogP contribution in [0.2, 0.25) is 0 Å². The summed E-state index contributed by atoms with van der Waals surface area (Å²) in [6, 6.07) is -1.03. The smallest absolute Gasteiger partial charge is 0.306 e. The van der Waals surface area contributed by atoms with Gasteiger partial charge in [0, 0.05) is 6.42 Å². The average molecular weight is 1040 g/mol. The molecule has 1 rings (SSSR count). The minimum atomic E-state index is -1.63. The van der Waals surface area contributed by atoms with Crippen LogP contribution in [0.1, 0.15) is 252 Å². The zero-order chi connectivity index (χ0) is 54.0. The van der Waals surface area contributed by atoms with Gasteiger partial charge in [0.05, 0.1) is 25.4 Å². The van der Waals surface area contributed by atoms with E-state index in [1.807, 2.05) is 42.5 Å². The second-order valence-electron chi connectivity index (χ2n) is 20.8. The Morgan fingerprint density at radius 1 is 0.541 bits per heavy atom. The standard InChI is InChI=1S/C63H111NO10/c1-4-7-10-13-16-19-22-25-26-27-28-29-30-31-33-35-38-41-44-47-50-56(67)62(71)64-54(55(66)49-46-43-40-37-34-24-21-18-15-12-9-6-3)53-72-63-61(60(70)59(69)57(52-65)73-63)74-58(68)51-48-45-42-39-36-32-23-20-17-14-11-8-5-2/h8,11,14,17,20,23,25-26,32,36,46,49,54-57,59-61,63,65-67,69-70H,4-7,9-10,12-13,15-16,18-19,21-22,24,27-31,33-35,37-45,47-48,50-53H2,1-3H3,(H,64,71)/b11-8+,17-14+,23-20-,26-25+,36-32-,49-46+. The van der Waals surface area contributed by atoms with Crippen molar-refractivity contribution in [2.24, 2.45) is 0 Å². The van der Waals surface area contributed by atoms with Crippen LogP contribution in [-0.4, -0.2) is 99.6 Å². The SMILES string of the molecule is CC/C=C/C=C/C=C\C=C/CCCCCC(=O)OC1C(OCC(NC(=O)C(O)CCCCCCCCCCCC/C=C/CCCCCCCC)C(O)/C=C/CCCCCCCCCCCC)OC(CO)C(O)C1O. The summed E-state index contributed by atoms with van der Waals surface area (Å²) in [5, 5.41) is 56.9. The molecule has 0 saturated carbocycles. The van der Waals surface area contributed by atoms with E-state index in [-0.39, 0.29) is 19.4 Å². The highest BCUT2D eigenvalue weighted by Crippen LogP contribution is 2.26. The molecule has 11 nitrogen and oxygen atoms in total. The molecule has 0 aromatic carbocycles. The van der Waals surface area contributed by atoms with Gasteiger partial charge >= 0.3 is 5.97 Å². The van der Waals surface area contributed by atoms with Crippen molar-refractivity contribution < 1.29 is 49.3 Å². The number of amides is 1. The summed E-state index contributed by atoms with van der Waals surface area (Å²) in [5.74, 6) is -1.24. The second-order valence-corrected chi connectivity index (χ2v) is 20.8. The highest BCUT2D eigenvalue weighted by atomic mass is 16.7. The lowest BCUT2D eigenvalue weighted by atomic mass is 9.99. The Morgan fingerprint density at radius 3 is 1.50 bits per heavy atom. The van der Waals surface area contributed by atoms with Crippen molar-refractivity contribution in [3.05, 3.63) is 72.9 Å². The van der Waals surface area contributed by atoms with Gasteiger partial charge in [0.15, 0.2) is 12.4 Å². The van der Waals surface area contributed by atoms with Crippen LogP contribution in [0.25, 0.3) is 0 Å². The fourth-order valence-electron chi connectivity index (χ4n) is 9.13. The maximum atomic E-state index is 13.4. The molecule has 0 radical (unpaired) electrons. The van der Waals surface area contributed by atoms with Gasteiger partial charge in [0.1, 0.15) is 24.4 Å². The third-order valence-electron chi connectivity index (χ3n) is 13.9. The molecule has 0 spiro atoms. The van der Waals surface area contributed by atoms with Gasteiger partial charge in [0.25, 0.3) is 0 Å². The van der Waals surface area contributed by atoms with Crippen LogP contribution in [0.15, 0.2) is 72.9 Å². The number of aliphatic hydroxyl groups excluding tert-OH is 5. The van der Waals surface area contributed by atoms with E-state index in [1.165, 1.54) is 141 Å². The topological polar surface area (TPSA) is 175 Å². The van der Waals surface area contributed by atoms with Gasteiger partial charge in [-0.1, -0.05) is 248 Å². The first-order valence-corrected chi connectivity index (χ1v) is 30.3. The zero-order valence-electron chi connectivity index (χ0n) is 47.2. The Labute approximate surface area is 451 Å². The molecule has 74 heavy (non-hydrogen) atoms. The Kier molecular flexibility index (Phi) is 47.5. The summed E-state index contributed by atoms with van der Waals surface area (Å²) >= 11 is 0. The molecule has 1 heterocycles. The van der Waals surface area contributed by atoms with E-state index in [4.69, 9.17) is 14.2 Å². The van der Waals surface area contributed by atoms with Crippen LogP contribution in [0.3, 0.4) is 0 Å². The number of unbranched alkanes of at least 4 members (excludes halogenated alkanes) is 29. The second kappa shape index (κ2) is 50.9. The summed E-state index contributed by atoms with van der Waals surface area (Å²) < 4.78 is 17.5. The third kappa shape index (κ3) is 38.6. The summed E-state index contributed by atoms with van der Waals surface area (Å²) in [4.78, 5) is 26.5. The lowest BCUT2D eigenvalue weighted by Gasteiger charge is -2.41. The molecule has 0 aliphatic carbocycles. The predicted molar refractivity (Wildman–Crippen MR) is 306 cm³/mol. The number of hydrogen-bond acceptors (Lipinski definition) is 10. The fourth-order valence-corrected chi connectivity index (χ4v) is 9.13. The van der Waals surface area contributed by atoms with Crippen molar-refractivity contribution in [2.75, 3.05) is 13.2 Å².